The summed E-state index contributed by atoms with van der Waals surface area (Å²) in [7, 11) is 3.88. The molecule has 1 aromatic rings. The molecule has 15 heavy (non-hydrogen) atoms. The zero-order chi connectivity index (χ0) is 11.3. The topological polar surface area (TPSA) is 32.7 Å². The van der Waals surface area contributed by atoms with Crippen LogP contribution in [0.5, 0.6) is 5.75 Å². The maximum atomic E-state index is 9.89. The van der Waals surface area contributed by atoms with Crippen molar-refractivity contribution in [3.8, 4) is 5.75 Å². The summed E-state index contributed by atoms with van der Waals surface area (Å²) < 4.78 is 5.38. The van der Waals surface area contributed by atoms with Crippen molar-refractivity contribution < 1.29 is 9.84 Å². The second-order valence-corrected chi connectivity index (χ2v) is 3.78. The molecule has 0 aliphatic heterocycles. The van der Waals surface area contributed by atoms with Crippen molar-refractivity contribution >= 4 is 0 Å². The molecule has 1 atom stereocenters. The molecule has 0 heterocycles. The number of hydrogen-bond acceptors (Lipinski definition) is 3. The van der Waals surface area contributed by atoms with Crippen LogP contribution in [0.2, 0.25) is 0 Å². The van der Waals surface area contributed by atoms with E-state index < -0.39 is 6.10 Å². The average molecular weight is 209 g/mol. The molecule has 3 heteroatoms. The smallest absolute Gasteiger partial charge is 0.119 e. The minimum absolute atomic E-state index is 0.458. The molecule has 3 nitrogen and oxygen atoms in total. The Morgan fingerprint density at radius 3 is 2.73 bits per heavy atom. The lowest BCUT2D eigenvalue weighted by Gasteiger charge is -2.16. The molecule has 0 radical (unpaired) electrons. The molecule has 0 saturated heterocycles. The summed E-state index contributed by atoms with van der Waals surface area (Å²) in [5.41, 5.74) is 0.898. The Morgan fingerprint density at radius 2 is 2.13 bits per heavy atom. The molecule has 0 aromatic heterocycles. The standard InChI is InChI=1S/C12H19NO2/c1-4-15-11-7-5-6-10(8-11)12(14)9-13(2)3/h5-8,12,14H,4,9H2,1-3H3. The van der Waals surface area contributed by atoms with Crippen LogP contribution in [0.15, 0.2) is 24.3 Å². The van der Waals surface area contributed by atoms with Crippen LogP contribution in [0.4, 0.5) is 0 Å². The van der Waals surface area contributed by atoms with Crippen LogP contribution >= 0.6 is 0 Å². The van der Waals surface area contributed by atoms with Crippen molar-refractivity contribution in [2.75, 3.05) is 27.2 Å². The van der Waals surface area contributed by atoms with E-state index in [0.717, 1.165) is 11.3 Å². The first-order valence-corrected chi connectivity index (χ1v) is 5.19. The molecule has 1 aromatic carbocycles. The third kappa shape index (κ3) is 3.90. The van der Waals surface area contributed by atoms with E-state index in [2.05, 4.69) is 0 Å². The van der Waals surface area contributed by atoms with E-state index in [0.29, 0.717) is 13.2 Å². The van der Waals surface area contributed by atoms with Gasteiger partial charge in [-0.05, 0) is 38.7 Å². The molecule has 1 unspecified atom stereocenters. The van der Waals surface area contributed by atoms with Gasteiger partial charge < -0.3 is 14.7 Å². The Morgan fingerprint density at radius 1 is 1.40 bits per heavy atom. The first-order valence-electron chi connectivity index (χ1n) is 5.19. The van der Waals surface area contributed by atoms with Gasteiger partial charge in [-0.25, -0.2) is 0 Å². The van der Waals surface area contributed by atoms with Gasteiger partial charge in [-0.3, -0.25) is 0 Å². The lowest BCUT2D eigenvalue weighted by atomic mass is 10.1. The van der Waals surface area contributed by atoms with Gasteiger partial charge in [-0.1, -0.05) is 12.1 Å². The van der Waals surface area contributed by atoms with Crippen LogP contribution in [0.1, 0.15) is 18.6 Å². The fourth-order valence-corrected chi connectivity index (χ4v) is 1.43. The molecular weight excluding hydrogens is 190 g/mol. The predicted molar refractivity (Wildman–Crippen MR) is 61.1 cm³/mol. The highest BCUT2D eigenvalue weighted by Crippen LogP contribution is 2.19. The highest BCUT2D eigenvalue weighted by atomic mass is 16.5. The molecule has 1 N–H and O–H groups in total. The number of aliphatic hydroxyl groups is 1. The van der Waals surface area contributed by atoms with Gasteiger partial charge in [0.1, 0.15) is 5.75 Å². The third-order valence-electron chi connectivity index (χ3n) is 2.09. The van der Waals surface area contributed by atoms with Crippen molar-refractivity contribution in [2.45, 2.75) is 13.0 Å². The average Bonchev–Trinajstić information content (AvgIpc) is 2.17. The quantitative estimate of drug-likeness (QED) is 0.801. The summed E-state index contributed by atoms with van der Waals surface area (Å²) in [6, 6.07) is 7.60. The van der Waals surface area contributed by atoms with E-state index in [-0.39, 0.29) is 0 Å². The maximum Gasteiger partial charge on any atom is 0.119 e. The Balaban J connectivity index is 2.71. The molecule has 84 valence electrons. The zero-order valence-electron chi connectivity index (χ0n) is 9.60. The fourth-order valence-electron chi connectivity index (χ4n) is 1.43. The lowest BCUT2D eigenvalue weighted by Crippen LogP contribution is -2.19. The van der Waals surface area contributed by atoms with Crippen LogP contribution < -0.4 is 4.74 Å². The van der Waals surface area contributed by atoms with Crippen molar-refractivity contribution in [1.82, 2.24) is 4.90 Å². The van der Waals surface area contributed by atoms with Gasteiger partial charge in [0.15, 0.2) is 0 Å². The van der Waals surface area contributed by atoms with Crippen molar-refractivity contribution in [2.24, 2.45) is 0 Å². The second kappa shape index (κ2) is 5.73. The first kappa shape index (κ1) is 12.0. The number of benzene rings is 1. The molecule has 0 fully saturated rings. The first-order chi connectivity index (χ1) is 7.13. The van der Waals surface area contributed by atoms with E-state index >= 15 is 0 Å². The van der Waals surface area contributed by atoms with Crippen molar-refractivity contribution in [3.63, 3.8) is 0 Å². The SMILES string of the molecule is CCOc1cccc(C(O)CN(C)C)c1. The summed E-state index contributed by atoms with van der Waals surface area (Å²) in [6.07, 6.45) is -0.458. The van der Waals surface area contributed by atoms with Crippen molar-refractivity contribution in [1.29, 1.82) is 0 Å². The molecule has 0 amide bonds. The van der Waals surface area contributed by atoms with Crippen molar-refractivity contribution in [3.05, 3.63) is 29.8 Å². The molecule has 1 rings (SSSR count). The maximum absolute atomic E-state index is 9.89. The zero-order valence-corrected chi connectivity index (χ0v) is 9.60. The predicted octanol–water partition coefficient (Wildman–Crippen LogP) is 1.68. The lowest BCUT2D eigenvalue weighted by molar-refractivity contribution is 0.138. The highest BCUT2D eigenvalue weighted by Gasteiger charge is 2.09. The number of ether oxygens (including phenoxy) is 1. The third-order valence-corrected chi connectivity index (χ3v) is 2.09. The van der Waals surface area contributed by atoms with Crippen LogP contribution in [-0.2, 0) is 0 Å². The summed E-state index contributed by atoms with van der Waals surface area (Å²) in [5.74, 6) is 0.813. The summed E-state index contributed by atoms with van der Waals surface area (Å²) >= 11 is 0. The Labute approximate surface area is 91.3 Å². The summed E-state index contributed by atoms with van der Waals surface area (Å²) in [4.78, 5) is 1.96. The molecule has 0 saturated carbocycles. The molecule has 0 aliphatic rings. The van der Waals surface area contributed by atoms with E-state index in [1.165, 1.54) is 0 Å². The minimum atomic E-state index is -0.458. The molecular formula is C12H19NO2. The number of hydrogen-bond donors (Lipinski definition) is 1. The van der Waals surface area contributed by atoms with Crippen LogP contribution in [0.3, 0.4) is 0 Å². The number of nitrogens with zero attached hydrogens (tertiary/aromatic N) is 1. The van der Waals surface area contributed by atoms with Gasteiger partial charge >= 0.3 is 0 Å². The fraction of sp³-hybridized carbons (Fsp3) is 0.500. The second-order valence-electron chi connectivity index (χ2n) is 3.78. The van der Waals surface area contributed by atoms with Gasteiger partial charge in [0.25, 0.3) is 0 Å². The van der Waals surface area contributed by atoms with E-state index in [9.17, 15) is 5.11 Å². The van der Waals surface area contributed by atoms with Crippen LogP contribution in [0, 0.1) is 0 Å². The summed E-state index contributed by atoms with van der Waals surface area (Å²) in [5, 5.41) is 9.89. The van der Waals surface area contributed by atoms with Gasteiger partial charge in [0.2, 0.25) is 0 Å². The summed E-state index contributed by atoms with van der Waals surface area (Å²) in [6.45, 7) is 3.21. The largest absolute Gasteiger partial charge is 0.494 e. The van der Waals surface area contributed by atoms with Crippen LogP contribution in [-0.4, -0.2) is 37.3 Å². The van der Waals surface area contributed by atoms with Gasteiger partial charge in [0, 0.05) is 6.54 Å². The number of aliphatic hydroxyl groups excluding tert-OH is 1. The van der Waals surface area contributed by atoms with E-state index in [1.54, 1.807) is 0 Å². The van der Waals surface area contributed by atoms with Gasteiger partial charge in [-0.15, -0.1) is 0 Å². The molecule has 0 aliphatic carbocycles. The monoisotopic (exact) mass is 209 g/mol. The van der Waals surface area contributed by atoms with E-state index in [1.807, 2.05) is 50.2 Å². The Bertz CT molecular complexity index is 299. The Kier molecular flexibility index (Phi) is 4.59. The minimum Gasteiger partial charge on any atom is -0.494 e. The number of likely N-dealkylation sites (N-methyl/N-ethyl adjacent to an activating group) is 1. The highest BCUT2D eigenvalue weighted by molar-refractivity contribution is 5.30. The molecule has 0 bridgehead atoms. The van der Waals surface area contributed by atoms with E-state index in [4.69, 9.17) is 4.74 Å². The van der Waals surface area contributed by atoms with Crippen LogP contribution in [0.25, 0.3) is 0 Å². The Hall–Kier alpha value is -1.06. The van der Waals surface area contributed by atoms with Gasteiger partial charge in [0.05, 0.1) is 12.7 Å². The normalized spacial score (nSPS) is 12.9. The molecule has 0 spiro atoms. The number of rotatable bonds is 5. The van der Waals surface area contributed by atoms with Gasteiger partial charge in [-0.2, -0.15) is 0 Å².